The van der Waals surface area contributed by atoms with Crippen molar-refractivity contribution >= 4 is 11.6 Å². The van der Waals surface area contributed by atoms with Gasteiger partial charge in [-0.25, -0.2) is 0 Å². The van der Waals surface area contributed by atoms with Crippen LogP contribution in [0, 0.1) is 12.8 Å². The molecule has 0 atom stereocenters. The first kappa shape index (κ1) is 22.6. The fraction of sp³-hybridized carbons (Fsp3) is 0.480. The Kier molecular flexibility index (Phi) is 6.74. The average Bonchev–Trinajstić information content (AvgIpc) is 2.80. The first-order chi connectivity index (χ1) is 15.3. The van der Waals surface area contributed by atoms with Crippen molar-refractivity contribution in [3.8, 4) is 0 Å². The fourth-order valence-corrected chi connectivity index (χ4v) is 4.69. The summed E-state index contributed by atoms with van der Waals surface area (Å²) in [7, 11) is 0. The molecule has 4 nitrogen and oxygen atoms in total. The van der Waals surface area contributed by atoms with Crippen molar-refractivity contribution < 1.29 is 18.0 Å². The summed E-state index contributed by atoms with van der Waals surface area (Å²) in [6.07, 6.45) is -2.63. The first-order valence-corrected chi connectivity index (χ1v) is 11.3. The van der Waals surface area contributed by atoms with E-state index in [2.05, 4.69) is 36.1 Å². The lowest BCUT2D eigenvalue weighted by Crippen LogP contribution is -2.51. The van der Waals surface area contributed by atoms with Gasteiger partial charge in [-0.2, -0.15) is 13.2 Å². The van der Waals surface area contributed by atoms with E-state index < -0.39 is 11.7 Å². The smallest absolute Gasteiger partial charge is 0.368 e. The van der Waals surface area contributed by atoms with Gasteiger partial charge >= 0.3 is 6.18 Å². The van der Waals surface area contributed by atoms with Gasteiger partial charge in [-0.05, 0) is 62.2 Å². The van der Waals surface area contributed by atoms with Crippen molar-refractivity contribution in [1.29, 1.82) is 0 Å². The maximum Gasteiger partial charge on any atom is 0.416 e. The van der Waals surface area contributed by atoms with Crippen molar-refractivity contribution in [2.45, 2.75) is 32.5 Å². The Morgan fingerprint density at radius 2 is 1.62 bits per heavy atom. The number of piperazine rings is 1. The lowest BCUT2D eigenvalue weighted by atomic mass is 9.94. The van der Waals surface area contributed by atoms with Gasteiger partial charge in [0.1, 0.15) is 0 Å². The molecule has 172 valence electrons. The molecule has 4 rings (SSSR count). The molecule has 2 aliphatic heterocycles. The highest BCUT2D eigenvalue weighted by molar-refractivity contribution is 5.79. The molecule has 0 unspecified atom stereocenters. The third-order valence-corrected chi connectivity index (χ3v) is 6.72. The first-order valence-electron chi connectivity index (χ1n) is 11.3. The van der Waals surface area contributed by atoms with Crippen LogP contribution in [0.4, 0.5) is 18.9 Å². The fourth-order valence-electron chi connectivity index (χ4n) is 4.69. The average molecular weight is 446 g/mol. The van der Waals surface area contributed by atoms with Crippen LogP contribution in [-0.2, 0) is 17.5 Å². The standard InChI is InChI=1S/C25H30F3N3O/c1-19-5-2-3-6-21(19)18-29-11-9-20(10-12-29)24(32)31-15-13-30(14-16-31)23-8-4-7-22(17-23)25(26,27)28/h2-8,17,20H,9-16,18H2,1H3. The van der Waals surface area contributed by atoms with Crippen LogP contribution in [0.2, 0.25) is 0 Å². The number of amides is 1. The number of likely N-dealkylation sites (tertiary alicyclic amines) is 1. The lowest BCUT2D eigenvalue weighted by Gasteiger charge is -2.39. The van der Waals surface area contributed by atoms with Gasteiger partial charge in [-0.3, -0.25) is 9.69 Å². The molecule has 0 saturated carbocycles. The van der Waals surface area contributed by atoms with Crippen LogP contribution in [-0.4, -0.2) is 55.0 Å². The van der Waals surface area contributed by atoms with Gasteiger partial charge in [-0.1, -0.05) is 30.3 Å². The Morgan fingerprint density at radius 3 is 2.28 bits per heavy atom. The summed E-state index contributed by atoms with van der Waals surface area (Å²) in [6, 6.07) is 13.9. The third kappa shape index (κ3) is 5.26. The van der Waals surface area contributed by atoms with Crippen LogP contribution >= 0.6 is 0 Å². The van der Waals surface area contributed by atoms with Gasteiger partial charge in [0, 0.05) is 44.3 Å². The molecule has 1 amide bonds. The minimum Gasteiger partial charge on any atom is -0.368 e. The van der Waals surface area contributed by atoms with Crippen LogP contribution in [0.25, 0.3) is 0 Å². The molecule has 2 aromatic carbocycles. The second-order valence-electron chi connectivity index (χ2n) is 8.84. The summed E-state index contributed by atoms with van der Waals surface area (Å²) >= 11 is 0. The Morgan fingerprint density at radius 1 is 0.938 bits per heavy atom. The molecule has 2 aliphatic rings. The molecular formula is C25H30F3N3O. The monoisotopic (exact) mass is 445 g/mol. The molecule has 0 N–H and O–H groups in total. The van der Waals surface area contributed by atoms with Crippen molar-refractivity contribution in [3.63, 3.8) is 0 Å². The van der Waals surface area contributed by atoms with Crippen LogP contribution in [0.3, 0.4) is 0 Å². The topological polar surface area (TPSA) is 26.8 Å². The van der Waals surface area contributed by atoms with E-state index in [1.54, 1.807) is 6.07 Å². The van der Waals surface area contributed by atoms with Crippen molar-refractivity contribution in [1.82, 2.24) is 9.80 Å². The van der Waals surface area contributed by atoms with Crippen molar-refractivity contribution in [3.05, 3.63) is 65.2 Å². The number of hydrogen-bond acceptors (Lipinski definition) is 3. The number of carbonyl (C=O) groups excluding carboxylic acids is 1. The van der Waals surface area contributed by atoms with E-state index >= 15 is 0 Å². The number of carbonyl (C=O) groups is 1. The molecule has 0 aromatic heterocycles. The summed E-state index contributed by atoms with van der Waals surface area (Å²) in [5.41, 5.74) is 2.56. The van der Waals surface area contributed by atoms with Crippen LogP contribution < -0.4 is 4.90 Å². The highest BCUT2D eigenvalue weighted by atomic mass is 19.4. The molecule has 0 spiro atoms. The number of aryl methyl sites for hydroxylation is 1. The minimum absolute atomic E-state index is 0.0447. The number of benzene rings is 2. The molecule has 0 radical (unpaired) electrons. The zero-order valence-electron chi connectivity index (χ0n) is 18.4. The predicted molar refractivity (Wildman–Crippen MR) is 119 cm³/mol. The van der Waals surface area contributed by atoms with E-state index in [0.29, 0.717) is 31.9 Å². The van der Waals surface area contributed by atoms with Crippen LogP contribution in [0.15, 0.2) is 48.5 Å². The molecule has 7 heteroatoms. The van der Waals surface area contributed by atoms with E-state index in [0.717, 1.165) is 38.5 Å². The van der Waals surface area contributed by atoms with E-state index in [-0.39, 0.29) is 11.8 Å². The molecule has 2 aromatic rings. The quantitative estimate of drug-likeness (QED) is 0.690. The zero-order valence-corrected chi connectivity index (χ0v) is 18.4. The van der Waals surface area contributed by atoms with Gasteiger partial charge in [0.25, 0.3) is 0 Å². The zero-order chi connectivity index (χ0) is 22.7. The Labute approximate surface area is 187 Å². The maximum atomic E-state index is 13.0. The molecular weight excluding hydrogens is 415 g/mol. The van der Waals surface area contributed by atoms with E-state index in [4.69, 9.17) is 0 Å². The number of nitrogens with zero attached hydrogens (tertiary/aromatic N) is 3. The number of halogens is 3. The largest absolute Gasteiger partial charge is 0.416 e. The van der Waals surface area contributed by atoms with E-state index in [1.165, 1.54) is 23.3 Å². The number of piperidine rings is 1. The van der Waals surface area contributed by atoms with Gasteiger partial charge < -0.3 is 9.80 Å². The van der Waals surface area contributed by atoms with E-state index in [1.807, 2.05) is 9.80 Å². The molecule has 32 heavy (non-hydrogen) atoms. The summed E-state index contributed by atoms with van der Waals surface area (Å²) in [5, 5.41) is 0. The summed E-state index contributed by atoms with van der Waals surface area (Å²) < 4.78 is 39.0. The molecule has 0 bridgehead atoms. The SMILES string of the molecule is Cc1ccccc1CN1CCC(C(=O)N2CCN(c3cccc(C(F)(F)F)c3)CC2)CC1. The molecule has 0 aliphatic carbocycles. The highest BCUT2D eigenvalue weighted by Crippen LogP contribution is 2.32. The van der Waals surface area contributed by atoms with Crippen molar-refractivity contribution in [2.24, 2.45) is 5.92 Å². The van der Waals surface area contributed by atoms with Gasteiger partial charge in [-0.15, -0.1) is 0 Å². The molecule has 2 saturated heterocycles. The normalized spacial score (nSPS) is 18.8. The van der Waals surface area contributed by atoms with Gasteiger partial charge in [0.05, 0.1) is 5.56 Å². The number of alkyl halides is 3. The van der Waals surface area contributed by atoms with Gasteiger partial charge in [0.2, 0.25) is 5.91 Å². The summed E-state index contributed by atoms with van der Waals surface area (Å²) in [4.78, 5) is 19.3. The predicted octanol–water partition coefficient (Wildman–Crippen LogP) is 4.57. The Balaban J connectivity index is 1.27. The molecule has 2 fully saturated rings. The summed E-state index contributed by atoms with van der Waals surface area (Å²) in [6.45, 7) is 7.09. The number of anilines is 1. The van der Waals surface area contributed by atoms with Crippen LogP contribution in [0.1, 0.15) is 29.5 Å². The minimum atomic E-state index is -4.35. The number of hydrogen-bond donors (Lipinski definition) is 0. The lowest BCUT2D eigenvalue weighted by molar-refractivity contribution is -0.138. The Bertz CT molecular complexity index is 930. The highest BCUT2D eigenvalue weighted by Gasteiger charge is 2.33. The maximum absolute atomic E-state index is 13.0. The third-order valence-electron chi connectivity index (χ3n) is 6.72. The van der Waals surface area contributed by atoms with E-state index in [9.17, 15) is 18.0 Å². The number of rotatable bonds is 4. The Hall–Kier alpha value is -2.54. The summed E-state index contributed by atoms with van der Waals surface area (Å²) in [5.74, 6) is 0.243. The molecule has 2 heterocycles. The van der Waals surface area contributed by atoms with Gasteiger partial charge in [0.15, 0.2) is 0 Å². The van der Waals surface area contributed by atoms with Crippen LogP contribution in [0.5, 0.6) is 0 Å². The second kappa shape index (κ2) is 9.53. The van der Waals surface area contributed by atoms with Crippen molar-refractivity contribution in [2.75, 3.05) is 44.2 Å². The second-order valence-corrected chi connectivity index (χ2v) is 8.84.